The quantitative estimate of drug-likeness (QED) is 0.416. The molecule has 1 aromatic heterocycles. The number of para-hydroxylation sites is 3. The Balaban J connectivity index is 1.50. The van der Waals surface area contributed by atoms with Gasteiger partial charge >= 0.3 is 0 Å². The Kier molecular flexibility index (Phi) is 6.53. The SMILES string of the molecule is CC(NC(=O)Cc1ccccc1)c1nc2ccccc2n1CCOc1ccccc1Cl. The van der Waals surface area contributed by atoms with Crippen LogP contribution in [0.3, 0.4) is 0 Å². The first-order valence-electron chi connectivity index (χ1n) is 10.3. The van der Waals surface area contributed by atoms with Gasteiger partial charge in [0.05, 0.1) is 35.1 Å². The highest BCUT2D eigenvalue weighted by molar-refractivity contribution is 6.32. The molecule has 0 aliphatic heterocycles. The Morgan fingerprint density at radius 3 is 2.55 bits per heavy atom. The number of imidazole rings is 1. The molecule has 31 heavy (non-hydrogen) atoms. The number of rotatable bonds is 8. The number of halogens is 1. The summed E-state index contributed by atoms with van der Waals surface area (Å²) in [5.41, 5.74) is 2.87. The Morgan fingerprint density at radius 1 is 1.03 bits per heavy atom. The number of ether oxygens (including phenoxy) is 1. The molecule has 0 aliphatic rings. The van der Waals surface area contributed by atoms with E-state index in [0.717, 1.165) is 22.4 Å². The average molecular weight is 434 g/mol. The van der Waals surface area contributed by atoms with E-state index >= 15 is 0 Å². The van der Waals surface area contributed by atoms with Gasteiger partial charge in [-0.1, -0.05) is 66.2 Å². The molecule has 158 valence electrons. The molecule has 6 heteroatoms. The molecule has 0 aliphatic carbocycles. The minimum Gasteiger partial charge on any atom is -0.490 e. The van der Waals surface area contributed by atoms with Crippen LogP contribution < -0.4 is 10.1 Å². The van der Waals surface area contributed by atoms with E-state index in [1.165, 1.54) is 0 Å². The van der Waals surface area contributed by atoms with E-state index in [0.29, 0.717) is 30.3 Å². The molecular formula is C25H24ClN3O2. The fraction of sp³-hybridized carbons (Fsp3) is 0.200. The van der Waals surface area contributed by atoms with Gasteiger partial charge in [0.25, 0.3) is 0 Å². The number of nitrogens with zero attached hydrogens (tertiary/aromatic N) is 2. The molecule has 0 saturated heterocycles. The predicted octanol–water partition coefficient (Wildman–Crippen LogP) is 5.19. The number of carbonyl (C=O) groups excluding carboxylic acids is 1. The highest BCUT2D eigenvalue weighted by Gasteiger charge is 2.18. The van der Waals surface area contributed by atoms with Crippen molar-refractivity contribution in [3.05, 3.63) is 95.3 Å². The fourth-order valence-electron chi connectivity index (χ4n) is 3.61. The Bertz CT molecular complexity index is 1170. The summed E-state index contributed by atoms with van der Waals surface area (Å²) in [4.78, 5) is 17.4. The van der Waals surface area contributed by atoms with Crippen molar-refractivity contribution < 1.29 is 9.53 Å². The van der Waals surface area contributed by atoms with E-state index in [2.05, 4.69) is 9.88 Å². The van der Waals surface area contributed by atoms with Gasteiger partial charge in [0.15, 0.2) is 0 Å². The van der Waals surface area contributed by atoms with Crippen molar-refractivity contribution in [1.82, 2.24) is 14.9 Å². The lowest BCUT2D eigenvalue weighted by Crippen LogP contribution is -2.30. The minimum atomic E-state index is -0.246. The van der Waals surface area contributed by atoms with Crippen LogP contribution in [0.25, 0.3) is 11.0 Å². The molecule has 3 aromatic carbocycles. The predicted molar refractivity (Wildman–Crippen MR) is 123 cm³/mol. The summed E-state index contributed by atoms with van der Waals surface area (Å²) in [6.45, 7) is 2.97. The molecule has 4 aromatic rings. The maximum Gasteiger partial charge on any atom is 0.224 e. The number of aromatic nitrogens is 2. The largest absolute Gasteiger partial charge is 0.490 e. The van der Waals surface area contributed by atoms with Gasteiger partial charge in [-0.3, -0.25) is 4.79 Å². The van der Waals surface area contributed by atoms with E-state index in [1.807, 2.05) is 79.7 Å². The summed E-state index contributed by atoms with van der Waals surface area (Å²) in [7, 11) is 0. The summed E-state index contributed by atoms with van der Waals surface area (Å²) in [6.07, 6.45) is 0.334. The van der Waals surface area contributed by atoms with Crippen molar-refractivity contribution in [1.29, 1.82) is 0 Å². The second kappa shape index (κ2) is 9.67. The lowest BCUT2D eigenvalue weighted by molar-refractivity contribution is -0.121. The molecule has 5 nitrogen and oxygen atoms in total. The summed E-state index contributed by atoms with van der Waals surface area (Å²) >= 11 is 6.19. The van der Waals surface area contributed by atoms with Crippen LogP contribution in [0, 0.1) is 0 Å². The second-order valence-electron chi connectivity index (χ2n) is 7.34. The van der Waals surface area contributed by atoms with Crippen LogP contribution in [0.4, 0.5) is 0 Å². The van der Waals surface area contributed by atoms with E-state index in [1.54, 1.807) is 6.07 Å². The normalized spacial score (nSPS) is 11.9. The van der Waals surface area contributed by atoms with E-state index in [-0.39, 0.29) is 11.9 Å². The van der Waals surface area contributed by atoms with Crippen molar-refractivity contribution in [2.24, 2.45) is 0 Å². The summed E-state index contributed by atoms with van der Waals surface area (Å²) in [6, 6.07) is 24.8. The topological polar surface area (TPSA) is 56.2 Å². The van der Waals surface area contributed by atoms with Crippen molar-refractivity contribution >= 4 is 28.5 Å². The Hall–Kier alpha value is -3.31. The van der Waals surface area contributed by atoms with Gasteiger partial charge in [0, 0.05) is 0 Å². The summed E-state index contributed by atoms with van der Waals surface area (Å²) < 4.78 is 7.98. The molecule has 0 fully saturated rings. The van der Waals surface area contributed by atoms with E-state index in [4.69, 9.17) is 21.3 Å². The first-order valence-corrected chi connectivity index (χ1v) is 10.7. The number of amides is 1. The molecule has 1 amide bonds. The smallest absolute Gasteiger partial charge is 0.224 e. The standard InChI is InChI=1S/C25H24ClN3O2/c1-18(27-24(30)17-19-9-3-2-4-10-19)25-28-21-12-6-7-13-22(21)29(25)15-16-31-23-14-8-5-11-20(23)26/h2-14,18H,15-17H2,1H3,(H,27,30). The molecule has 1 N–H and O–H groups in total. The van der Waals surface area contributed by atoms with Crippen LogP contribution in [-0.4, -0.2) is 22.1 Å². The molecule has 0 radical (unpaired) electrons. The van der Waals surface area contributed by atoms with Gasteiger partial charge in [-0.25, -0.2) is 4.98 Å². The third-order valence-electron chi connectivity index (χ3n) is 5.07. The second-order valence-corrected chi connectivity index (χ2v) is 7.75. The van der Waals surface area contributed by atoms with Crippen LogP contribution >= 0.6 is 11.6 Å². The fourth-order valence-corrected chi connectivity index (χ4v) is 3.80. The van der Waals surface area contributed by atoms with Gasteiger partial charge in [0.2, 0.25) is 5.91 Å². The number of hydrogen-bond donors (Lipinski definition) is 1. The van der Waals surface area contributed by atoms with Crippen molar-refractivity contribution in [3.63, 3.8) is 0 Å². The van der Waals surface area contributed by atoms with Crippen molar-refractivity contribution in [2.45, 2.75) is 25.9 Å². The van der Waals surface area contributed by atoms with Gasteiger partial charge in [-0.05, 0) is 36.8 Å². The first kappa shape index (κ1) is 20.9. The van der Waals surface area contributed by atoms with Crippen LogP contribution in [0.15, 0.2) is 78.9 Å². The molecular weight excluding hydrogens is 410 g/mol. The van der Waals surface area contributed by atoms with Crippen LogP contribution in [0.5, 0.6) is 5.75 Å². The summed E-state index contributed by atoms with van der Waals surface area (Å²) in [5.74, 6) is 1.41. The Labute approximate surface area is 186 Å². The highest BCUT2D eigenvalue weighted by atomic mass is 35.5. The zero-order chi connectivity index (χ0) is 21.6. The first-order chi connectivity index (χ1) is 15.1. The lowest BCUT2D eigenvalue weighted by Gasteiger charge is -2.17. The van der Waals surface area contributed by atoms with Crippen LogP contribution in [0.1, 0.15) is 24.4 Å². The van der Waals surface area contributed by atoms with E-state index < -0.39 is 0 Å². The summed E-state index contributed by atoms with van der Waals surface area (Å²) in [5, 5.41) is 3.66. The van der Waals surface area contributed by atoms with Gasteiger partial charge < -0.3 is 14.6 Å². The number of carbonyl (C=O) groups is 1. The third kappa shape index (κ3) is 5.06. The maximum atomic E-state index is 12.6. The Morgan fingerprint density at radius 2 is 1.74 bits per heavy atom. The molecule has 1 unspecified atom stereocenters. The maximum absolute atomic E-state index is 12.6. The van der Waals surface area contributed by atoms with Crippen LogP contribution in [0.2, 0.25) is 5.02 Å². The van der Waals surface area contributed by atoms with E-state index in [9.17, 15) is 4.79 Å². The minimum absolute atomic E-state index is 0.0374. The monoisotopic (exact) mass is 433 g/mol. The lowest BCUT2D eigenvalue weighted by atomic mass is 10.1. The molecule has 0 bridgehead atoms. The highest BCUT2D eigenvalue weighted by Crippen LogP contribution is 2.24. The molecule has 1 atom stereocenters. The molecule has 4 rings (SSSR count). The third-order valence-corrected chi connectivity index (χ3v) is 5.38. The number of hydrogen-bond acceptors (Lipinski definition) is 3. The number of benzene rings is 3. The average Bonchev–Trinajstić information content (AvgIpc) is 3.14. The van der Waals surface area contributed by atoms with Crippen LogP contribution in [-0.2, 0) is 17.8 Å². The zero-order valence-corrected chi connectivity index (χ0v) is 18.0. The number of fused-ring (bicyclic) bond motifs is 1. The van der Waals surface area contributed by atoms with Crippen molar-refractivity contribution in [2.75, 3.05) is 6.61 Å². The van der Waals surface area contributed by atoms with Crippen molar-refractivity contribution in [3.8, 4) is 5.75 Å². The van der Waals surface area contributed by atoms with Gasteiger partial charge in [0.1, 0.15) is 18.2 Å². The molecule has 0 saturated carbocycles. The molecule has 0 spiro atoms. The number of nitrogens with one attached hydrogen (secondary N) is 1. The zero-order valence-electron chi connectivity index (χ0n) is 17.3. The van der Waals surface area contributed by atoms with Gasteiger partial charge in [-0.2, -0.15) is 0 Å². The van der Waals surface area contributed by atoms with Gasteiger partial charge in [-0.15, -0.1) is 0 Å². The molecule has 1 heterocycles.